The van der Waals surface area contributed by atoms with Crippen molar-refractivity contribution in [1.29, 1.82) is 0 Å². The summed E-state index contributed by atoms with van der Waals surface area (Å²) in [5.74, 6) is -1.83. The Morgan fingerprint density at radius 2 is 1.95 bits per heavy atom. The summed E-state index contributed by atoms with van der Waals surface area (Å²) in [6, 6.07) is 9.51. The molecule has 0 bridgehead atoms. The van der Waals surface area contributed by atoms with Crippen molar-refractivity contribution < 1.29 is 4.39 Å². The van der Waals surface area contributed by atoms with Crippen LogP contribution in [0.2, 0.25) is 0 Å². The molecule has 118 valence electrons. The Balaban J connectivity index is 1.64. The van der Waals surface area contributed by atoms with Crippen LogP contribution >= 0.6 is 0 Å². The number of likely N-dealkylation sites (tertiary alicyclic amines) is 1. The molecule has 3 N–H and O–H groups in total. The lowest BCUT2D eigenvalue weighted by Gasteiger charge is -2.30. The van der Waals surface area contributed by atoms with Gasteiger partial charge in [-0.1, -0.05) is 42.5 Å². The van der Waals surface area contributed by atoms with Gasteiger partial charge in [-0.25, -0.2) is 4.39 Å². The van der Waals surface area contributed by atoms with Gasteiger partial charge < -0.3 is 10.2 Å². The molecule has 0 spiro atoms. The van der Waals surface area contributed by atoms with E-state index in [4.69, 9.17) is 5.73 Å². The molecule has 0 saturated carbocycles. The Bertz CT molecular complexity index is 545. The van der Waals surface area contributed by atoms with E-state index in [1.807, 2.05) is 36.4 Å². The monoisotopic (exact) mass is 301 g/mol. The molecule has 1 aliphatic heterocycles. The van der Waals surface area contributed by atoms with Crippen LogP contribution in [0.25, 0.3) is 5.57 Å². The van der Waals surface area contributed by atoms with E-state index in [0.29, 0.717) is 0 Å². The van der Waals surface area contributed by atoms with Crippen LogP contribution in [0, 0.1) is 0 Å². The highest BCUT2D eigenvalue weighted by Gasteiger charge is 2.33. The second kappa shape index (κ2) is 6.73. The SMILES string of the molecule is NC1(F)C=CC(c2ccccc2)=CC1NCCN1CCCC1. The fourth-order valence-corrected chi connectivity index (χ4v) is 3.11. The number of alkyl halides is 1. The maximum atomic E-state index is 14.5. The molecule has 3 rings (SSSR count). The van der Waals surface area contributed by atoms with E-state index in [0.717, 1.165) is 37.3 Å². The molecule has 1 fully saturated rings. The Morgan fingerprint density at radius 1 is 1.23 bits per heavy atom. The minimum Gasteiger partial charge on any atom is -0.305 e. The van der Waals surface area contributed by atoms with Crippen molar-refractivity contribution in [1.82, 2.24) is 10.2 Å². The summed E-state index contributed by atoms with van der Waals surface area (Å²) in [5, 5.41) is 3.27. The molecule has 1 aromatic carbocycles. The Hall–Kier alpha value is -1.49. The minimum atomic E-state index is -1.83. The largest absolute Gasteiger partial charge is 0.305 e. The van der Waals surface area contributed by atoms with E-state index in [9.17, 15) is 4.39 Å². The maximum absolute atomic E-state index is 14.5. The standard InChI is InChI=1S/C18H24FN3/c19-18(20)9-8-16(15-6-2-1-3-7-15)14-17(18)21-10-13-22-11-4-5-12-22/h1-3,6-9,14,17,21H,4-5,10-13,20H2. The number of nitrogens with two attached hydrogens (primary N) is 1. The zero-order valence-corrected chi connectivity index (χ0v) is 12.8. The highest BCUT2D eigenvalue weighted by atomic mass is 19.1. The number of nitrogens with zero attached hydrogens (tertiary/aromatic N) is 1. The van der Waals surface area contributed by atoms with Gasteiger partial charge in [0, 0.05) is 13.1 Å². The normalized spacial score (nSPS) is 28.8. The lowest BCUT2D eigenvalue weighted by Crippen LogP contribution is -2.54. The van der Waals surface area contributed by atoms with Crippen molar-refractivity contribution in [3.05, 3.63) is 54.1 Å². The number of hydrogen-bond acceptors (Lipinski definition) is 3. The van der Waals surface area contributed by atoms with Crippen LogP contribution in [0.1, 0.15) is 18.4 Å². The van der Waals surface area contributed by atoms with Crippen molar-refractivity contribution in [2.75, 3.05) is 26.2 Å². The van der Waals surface area contributed by atoms with Gasteiger partial charge in [-0.2, -0.15) is 0 Å². The van der Waals surface area contributed by atoms with Gasteiger partial charge in [0.15, 0.2) is 5.79 Å². The molecule has 1 aliphatic carbocycles. The Kier molecular flexibility index (Phi) is 4.71. The number of rotatable bonds is 5. The van der Waals surface area contributed by atoms with Crippen LogP contribution < -0.4 is 11.1 Å². The fourth-order valence-electron chi connectivity index (χ4n) is 3.11. The fraction of sp³-hybridized carbons (Fsp3) is 0.444. The van der Waals surface area contributed by atoms with Crippen LogP contribution in [0.5, 0.6) is 0 Å². The van der Waals surface area contributed by atoms with Gasteiger partial charge in [0.05, 0.1) is 6.04 Å². The minimum absolute atomic E-state index is 0.490. The lowest BCUT2D eigenvalue weighted by molar-refractivity contribution is 0.188. The third-order valence-electron chi connectivity index (χ3n) is 4.44. The van der Waals surface area contributed by atoms with Gasteiger partial charge >= 0.3 is 0 Å². The highest BCUT2D eigenvalue weighted by Crippen LogP contribution is 2.26. The summed E-state index contributed by atoms with van der Waals surface area (Å²) in [6.45, 7) is 4.01. The van der Waals surface area contributed by atoms with Crippen LogP contribution in [0.15, 0.2) is 48.6 Å². The number of benzene rings is 1. The van der Waals surface area contributed by atoms with E-state index < -0.39 is 11.8 Å². The van der Waals surface area contributed by atoms with E-state index in [1.165, 1.54) is 18.9 Å². The van der Waals surface area contributed by atoms with Crippen LogP contribution in [-0.2, 0) is 0 Å². The van der Waals surface area contributed by atoms with Gasteiger partial charge in [-0.15, -0.1) is 0 Å². The lowest BCUT2D eigenvalue weighted by atomic mass is 9.92. The molecule has 22 heavy (non-hydrogen) atoms. The van der Waals surface area contributed by atoms with Gasteiger partial charge in [-0.3, -0.25) is 5.73 Å². The van der Waals surface area contributed by atoms with Crippen molar-refractivity contribution in [3.63, 3.8) is 0 Å². The van der Waals surface area contributed by atoms with Gasteiger partial charge in [0.1, 0.15) is 0 Å². The maximum Gasteiger partial charge on any atom is 0.197 e. The van der Waals surface area contributed by atoms with E-state index in [-0.39, 0.29) is 0 Å². The predicted octanol–water partition coefficient (Wildman–Crippen LogP) is 2.32. The molecule has 2 atom stereocenters. The molecular formula is C18H24FN3. The quantitative estimate of drug-likeness (QED) is 0.820. The Labute approximate surface area is 131 Å². The van der Waals surface area contributed by atoms with Crippen molar-refractivity contribution in [3.8, 4) is 0 Å². The zero-order chi connectivity index (χ0) is 15.4. The van der Waals surface area contributed by atoms with Crippen molar-refractivity contribution in [2.24, 2.45) is 5.73 Å². The third-order valence-corrected chi connectivity index (χ3v) is 4.44. The molecule has 4 heteroatoms. The van der Waals surface area contributed by atoms with Gasteiger partial charge in [0.25, 0.3) is 0 Å². The second-order valence-corrected chi connectivity index (χ2v) is 6.13. The van der Waals surface area contributed by atoms with Crippen LogP contribution in [0.3, 0.4) is 0 Å². The molecule has 1 saturated heterocycles. The first-order valence-corrected chi connectivity index (χ1v) is 8.05. The van der Waals surface area contributed by atoms with Gasteiger partial charge in [0.2, 0.25) is 0 Å². The van der Waals surface area contributed by atoms with Crippen LogP contribution in [0.4, 0.5) is 4.39 Å². The average Bonchev–Trinajstić information content (AvgIpc) is 3.03. The van der Waals surface area contributed by atoms with Crippen molar-refractivity contribution >= 4 is 5.57 Å². The molecule has 3 nitrogen and oxygen atoms in total. The summed E-state index contributed by atoms with van der Waals surface area (Å²) in [4.78, 5) is 2.41. The number of hydrogen-bond donors (Lipinski definition) is 2. The molecule has 0 aromatic heterocycles. The van der Waals surface area contributed by atoms with Crippen LogP contribution in [-0.4, -0.2) is 42.9 Å². The molecular weight excluding hydrogens is 277 g/mol. The second-order valence-electron chi connectivity index (χ2n) is 6.13. The van der Waals surface area contributed by atoms with Gasteiger partial charge in [-0.05, 0) is 43.1 Å². The van der Waals surface area contributed by atoms with E-state index >= 15 is 0 Å². The summed E-state index contributed by atoms with van der Waals surface area (Å²) >= 11 is 0. The number of halogens is 1. The average molecular weight is 301 g/mol. The van der Waals surface area contributed by atoms with Crippen molar-refractivity contribution in [2.45, 2.75) is 24.7 Å². The smallest absolute Gasteiger partial charge is 0.197 e. The summed E-state index contributed by atoms with van der Waals surface area (Å²) < 4.78 is 14.5. The van der Waals surface area contributed by atoms with E-state index in [2.05, 4.69) is 10.2 Å². The first kappa shape index (κ1) is 15.4. The molecule has 1 aromatic rings. The molecule has 2 unspecified atom stereocenters. The highest BCUT2D eigenvalue weighted by molar-refractivity contribution is 5.76. The summed E-state index contributed by atoms with van der Waals surface area (Å²) in [7, 11) is 0. The molecule has 1 heterocycles. The molecule has 0 amide bonds. The summed E-state index contributed by atoms with van der Waals surface area (Å²) in [5.41, 5.74) is 7.88. The first-order valence-electron chi connectivity index (χ1n) is 8.05. The third kappa shape index (κ3) is 3.64. The predicted molar refractivity (Wildman–Crippen MR) is 89.1 cm³/mol. The summed E-state index contributed by atoms with van der Waals surface area (Å²) in [6.07, 6.45) is 7.68. The number of allylic oxidation sites excluding steroid dienone is 2. The van der Waals surface area contributed by atoms with E-state index in [1.54, 1.807) is 6.08 Å². The zero-order valence-electron chi connectivity index (χ0n) is 12.8. The first-order chi connectivity index (χ1) is 10.6. The molecule has 2 aliphatic rings. The number of nitrogens with one attached hydrogen (secondary N) is 1. The topological polar surface area (TPSA) is 41.3 Å². The molecule has 0 radical (unpaired) electrons. The Morgan fingerprint density at radius 3 is 2.68 bits per heavy atom.